The Morgan fingerprint density at radius 1 is 1.29 bits per heavy atom. The lowest BCUT2D eigenvalue weighted by atomic mass is 10.0. The predicted molar refractivity (Wildman–Crippen MR) is 65.7 cm³/mol. The Morgan fingerprint density at radius 2 is 2.18 bits per heavy atom. The highest BCUT2D eigenvalue weighted by Gasteiger charge is 2.19. The lowest BCUT2D eigenvalue weighted by Crippen LogP contribution is -2.17. The third kappa shape index (κ3) is 2.04. The molecular formula is C14H15NO2. The number of rotatable bonds is 1. The van der Waals surface area contributed by atoms with E-state index in [0.717, 1.165) is 24.2 Å². The number of nitrogens with zero attached hydrogens (tertiary/aromatic N) is 1. The van der Waals surface area contributed by atoms with E-state index in [-0.39, 0.29) is 6.10 Å². The maximum Gasteiger partial charge on any atom is 0.147 e. The van der Waals surface area contributed by atoms with Crippen LogP contribution < -0.4 is 0 Å². The molecule has 1 fully saturated rings. The largest absolute Gasteiger partial charge is 0.355 e. The number of aryl methyl sites for hydroxylation is 1. The summed E-state index contributed by atoms with van der Waals surface area (Å²) in [7, 11) is 0. The number of ether oxygens (including phenoxy) is 2. The molecule has 3 rings (SSSR count). The second-order valence-corrected chi connectivity index (χ2v) is 4.34. The highest BCUT2D eigenvalue weighted by atomic mass is 16.7. The zero-order valence-electron chi connectivity index (χ0n) is 9.85. The summed E-state index contributed by atoms with van der Waals surface area (Å²) >= 11 is 0. The van der Waals surface area contributed by atoms with E-state index in [9.17, 15) is 0 Å². The molecule has 0 radical (unpaired) electrons. The zero-order chi connectivity index (χ0) is 11.7. The average molecular weight is 229 g/mol. The third-order valence-electron chi connectivity index (χ3n) is 3.10. The Kier molecular flexibility index (Phi) is 2.79. The van der Waals surface area contributed by atoms with Crippen molar-refractivity contribution in [3.63, 3.8) is 0 Å². The van der Waals surface area contributed by atoms with Crippen molar-refractivity contribution in [1.82, 2.24) is 4.98 Å². The summed E-state index contributed by atoms with van der Waals surface area (Å²) in [6.45, 7) is 3.18. The van der Waals surface area contributed by atoms with Crippen molar-refractivity contribution in [1.29, 1.82) is 0 Å². The Labute approximate surface area is 100 Å². The minimum absolute atomic E-state index is 0.135. The van der Waals surface area contributed by atoms with Crippen LogP contribution in [0.3, 0.4) is 0 Å². The lowest BCUT2D eigenvalue weighted by molar-refractivity contribution is -0.140. The molecule has 0 amide bonds. The van der Waals surface area contributed by atoms with E-state index in [2.05, 4.69) is 17.1 Å². The molecule has 1 aromatic heterocycles. The number of fused-ring (bicyclic) bond motifs is 1. The fraction of sp³-hybridized carbons (Fsp3) is 0.357. The van der Waals surface area contributed by atoms with Crippen LogP contribution in [0.5, 0.6) is 0 Å². The van der Waals surface area contributed by atoms with E-state index in [1.807, 2.05) is 25.1 Å². The molecule has 88 valence electrons. The van der Waals surface area contributed by atoms with Gasteiger partial charge < -0.3 is 9.47 Å². The van der Waals surface area contributed by atoms with Crippen LogP contribution in [0.2, 0.25) is 0 Å². The van der Waals surface area contributed by atoms with Crippen molar-refractivity contribution < 1.29 is 9.47 Å². The van der Waals surface area contributed by atoms with Gasteiger partial charge in [-0.2, -0.15) is 0 Å². The molecule has 3 nitrogen and oxygen atoms in total. The molecule has 3 heteroatoms. The van der Waals surface area contributed by atoms with E-state index in [1.165, 1.54) is 10.9 Å². The van der Waals surface area contributed by atoms with Crippen molar-refractivity contribution in [2.24, 2.45) is 0 Å². The minimum atomic E-state index is 0.135. The van der Waals surface area contributed by atoms with Crippen LogP contribution in [0.15, 0.2) is 30.3 Å². The number of aromatic nitrogens is 1. The molecule has 0 N–H and O–H groups in total. The fourth-order valence-corrected chi connectivity index (χ4v) is 2.31. The molecular weight excluding hydrogens is 214 g/mol. The third-order valence-corrected chi connectivity index (χ3v) is 3.10. The minimum Gasteiger partial charge on any atom is -0.355 e. The van der Waals surface area contributed by atoms with E-state index >= 15 is 0 Å². The molecule has 2 heterocycles. The van der Waals surface area contributed by atoms with Gasteiger partial charge >= 0.3 is 0 Å². The van der Waals surface area contributed by atoms with E-state index < -0.39 is 0 Å². The summed E-state index contributed by atoms with van der Waals surface area (Å²) in [5, 5.41) is 1.19. The standard InChI is InChI=1S/C14H15NO2/c1-10-8-12(14-6-7-16-9-17-14)11-4-2-3-5-13(11)15-10/h2-5,8,14H,6-7,9H2,1H3. The highest BCUT2D eigenvalue weighted by Crippen LogP contribution is 2.30. The molecule has 17 heavy (non-hydrogen) atoms. The molecule has 1 aliphatic rings. The number of benzene rings is 1. The van der Waals surface area contributed by atoms with Gasteiger partial charge in [0, 0.05) is 17.5 Å². The van der Waals surface area contributed by atoms with Crippen LogP contribution in [-0.2, 0) is 9.47 Å². The quantitative estimate of drug-likeness (QED) is 0.753. The summed E-state index contributed by atoms with van der Waals surface area (Å²) in [4.78, 5) is 4.54. The van der Waals surface area contributed by atoms with Crippen LogP contribution >= 0.6 is 0 Å². The Hall–Kier alpha value is -1.45. The lowest BCUT2D eigenvalue weighted by Gasteiger charge is -2.24. The number of para-hydroxylation sites is 1. The summed E-state index contributed by atoms with van der Waals surface area (Å²) in [5.74, 6) is 0. The van der Waals surface area contributed by atoms with Gasteiger partial charge in [-0.25, -0.2) is 0 Å². The first-order valence-electron chi connectivity index (χ1n) is 5.90. The first-order chi connectivity index (χ1) is 8.34. The maximum absolute atomic E-state index is 5.68. The summed E-state index contributed by atoms with van der Waals surface area (Å²) in [5.41, 5.74) is 3.31. The van der Waals surface area contributed by atoms with Gasteiger partial charge in [-0.3, -0.25) is 4.98 Å². The van der Waals surface area contributed by atoms with Gasteiger partial charge in [0.1, 0.15) is 6.79 Å². The molecule has 1 aliphatic heterocycles. The van der Waals surface area contributed by atoms with Crippen LogP contribution in [0.1, 0.15) is 23.8 Å². The van der Waals surface area contributed by atoms with Crippen molar-refractivity contribution in [3.05, 3.63) is 41.6 Å². The first-order valence-corrected chi connectivity index (χ1v) is 5.90. The van der Waals surface area contributed by atoms with Gasteiger partial charge in [0.2, 0.25) is 0 Å². The molecule has 1 saturated heterocycles. The molecule has 2 aromatic rings. The molecule has 0 saturated carbocycles. The van der Waals surface area contributed by atoms with Gasteiger partial charge in [0.05, 0.1) is 18.2 Å². The predicted octanol–water partition coefficient (Wildman–Crippen LogP) is 2.98. The zero-order valence-corrected chi connectivity index (χ0v) is 9.85. The normalized spacial score (nSPS) is 20.6. The maximum atomic E-state index is 5.68. The van der Waals surface area contributed by atoms with E-state index in [0.29, 0.717) is 6.79 Å². The Morgan fingerprint density at radius 3 is 3.00 bits per heavy atom. The van der Waals surface area contributed by atoms with Crippen LogP contribution in [-0.4, -0.2) is 18.4 Å². The summed E-state index contributed by atoms with van der Waals surface area (Å²) < 4.78 is 10.9. The fourth-order valence-electron chi connectivity index (χ4n) is 2.31. The molecule has 0 aliphatic carbocycles. The highest BCUT2D eigenvalue weighted by molar-refractivity contribution is 5.82. The van der Waals surface area contributed by atoms with Gasteiger partial charge in [0.15, 0.2) is 0 Å². The second-order valence-electron chi connectivity index (χ2n) is 4.34. The van der Waals surface area contributed by atoms with Gasteiger partial charge in [-0.1, -0.05) is 18.2 Å². The SMILES string of the molecule is Cc1cc(C2CCOCO2)c2ccccc2n1. The van der Waals surface area contributed by atoms with Gasteiger partial charge in [-0.05, 0) is 24.6 Å². The molecule has 1 aromatic carbocycles. The van der Waals surface area contributed by atoms with Crippen molar-refractivity contribution in [3.8, 4) is 0 Å². The van der Waals surface area contributed by atoms with Crippen LogP contribution in [0, 0.1) is 6.92 Å². The topological polar surface area (TPSA) is 31.4 Å². The Bertz CT molecular complexity index is 533. The van der Waals surface area contributed by atoms with Gasteiger partial charge in [0.25, 0.3) is 0 Å². The number of pyridine rings is 1. The number of hydrogen-bond acceptors (Lipinski definition) is 3. The second kappa shape index (κ2) is 4.43. The van der Waals surface area contributed by atoms with Crippen molar-refractivity contribution in [2.75, 3.05) is 13.4 Å². The molecule has 0 bridgehead atoms. The molecule has 0 spiro atoms. The molecule has 1 unspecified atom stereocenters. The summed E-state index contributed by atoms with van der Waals surface area (Å²) in [6, 6.07) is 10.3. The average Bonchev–Trinajstić information content (AvgIpc) is 2.39. The van der Waals surface area contributed by atoms with E-state index in [4.69, 9.17) is 9.47 Å². The molecule has 1 atom stereocenters. The monoisotopic (exact) mass is 229 g/mol. The van der Waals surface area contributed by atoms with Gasteiger partial charge in [-0.15, -0.1) is 0 Å². The van der Waals surface area contributed by atoms with Crippen LogP contribution in [0.4, 0.5) is 0 Å². The smallest absolute Gasteiger partial charge is 0.147 e. The first kappa shape index (κ1) is 10.7. The van der Waals surface area contributed by atoms with Crippen molar-refractivity contribution >= 4 is 10.9 Å². The Balaban J connectivity index is 2.13. The van der Waals surface area contributed by atoms with Crippen LogP contribution in [0.25, 0.3) is 10.9 Å². The summed E-state index contributed by atoms with van der Waals surface area (Å²) in [6.07, 6.45) is 1.04. The van der Waals surface area contributed by atoms with Crippen molar-refractivity contribution in [2.45, 2.75) is 19.4 Å². The number of hydrogen-bond donors (Lipinski definition) is 0. The van der Waals surface area contributed by atoms with E-state index in [1.54, 1.807) is 0 Å².